The molecule has 4 rings (SSSR count). The number of benzene rings is 3. The molecule has 2 heteroatoms. The van der Waals surface area contributed by atoms with Gasteiger partial charge >= 0.3 is 0 Å². The van der Waals surface area contributed by atoms with Crippen LogP contribution in [0.15, 0.2) is 72.8 Å². The van der Waals surface area contributed by atoms with Crippen molar-refractivity contribution in [2.75, 3.05) is 20.7 Å². The average molecular weight is 329 g/mol. The molecule has 0 saturated heterocycles. The van der Waals surface area contributed by atoms with Gasteiger partial charge in [0.25, 0.3) is 0 Å². The van der Waals surface area contributed by atoms with Crippen molar-refractivity contribution in [1.82, 2.24) is 4.90 Å². The average Bonchev–Trinajstić information content (AvgIpc) is 2.67. The lowest BCUT2D eigenvalue weighted by Gasteiger charge is -2.33. The second-order valence-electron chi connectivity index (χ2n) is 6.81. The van der Waals surface area contributed by atoms with E-state index >= 15 is 0 Å². The Morgan fingerprint density at radius 1 is 0.880 bits per heavy atom. The van der Waals surface area contributed by atoms with E-state index < -0.39 is 0 Å². The second-order valence-corrected chi connectivity index (χ2v) is 6.81. The highest BCUT2D eigenvalue weighted by molar-refractivity contribution is 5.67. The van der Waals surface area contributed by atoms with Gasteiger partial charge in [0.2, 0.25) is 0 Å². The Balaban J connectivity index is 1.75. The Kier molecular flexibility index (Phi) is 4.29. The predicted molar refractivity (Wildman–Crippen MR) is 103 cm³/mol. The third kappa shape index (κ3) is 3.18. The topological polar surface area (TPSA) is 12.5 Å². The molecular weight excluding hydrogens is 306 g/mol. The number of nitrogens with zero attached hydrogens (tertiary/aromatic N) is 1. The molecule has 0 unspecified atom stereocenters. The molecule has 1 heterocycles. The molecule has 0 aromatic heterocycles. The minimum Gasteiger partial charge on any atom is -0.497 e. The molecular formula is C23H23NO. The smallest absolute Gasteiger partial charge is 0.119 e. The maximum Gasteiger partial charge on any atom is 0.119 e. The van der Waals surface area contributed by atoms with Gasteiger partial charge in [-0.1, -0.05) is 54.6 Å². The summed E-state index contributed by atoms with van der Waals surface area (Å²) in [5.74, 6) is 1.34. The zero-order chi connectivity index (χ0) is 17.2. The number of fused-ring (bicyclic) bond motifs is 1. The van der Waals surface area contributed by atoms with Gasteiger partial charge in [-0.05, 0) is 53.1 Å². The van der Waals surface area contributed by atoms with Gasteiger partial charge in [0.05, 0.1) is 7.11 Å². The molecule has 0 spiro atoms. The zero-order valence-electron chi connectivity index (χ0n) is 14.8. The Hall–Kier alpha value is -2.58. The Morgan fingerprint density at radius 3 is 2.48 bits per heavy atom. The van der Waals surface area contributed by atoms with E-state index in [9.17, 15) is 0 Å². The van der Waals surface area contributed by atoms with Crippen molar-refractivity contribution in [3.8, 4) is 16.9 Å². The lowest BCUT2D eigenvalue weighted by molar-refractivity contribution is 0.295. The Bertz CT molecular complexity index is 872. The standard InChI is InChI=1S/C23H23NO/c1-24-15-20-13-19(18-9-6-10-21(14-18)25-2)11-12-22(20)23(16-24)17-7-4-3-5-8-17/h3-14,23H,15-16H2,1-2H3/t23-/m1/s1. The van der Waals surface area contributed by atoms with E-state index in [1.165, 1.54) is 27.8 Å². The molecule has 3 aromatic carbocycles. The van der Waals surface area contributed by atoms with Gasteiger partial charge in [0.15, 0.2) is 0 Å². The molecule has 1 aliphatic heterocycles. The monoisotopic (exact) mass is 329 g/mol. The highest BCUT2D eigenvalue weighted by Gasteiger charge is 2.24. The normalized spacial score (nSPS) is 17.1. The molecule has 25 heavy (non-hydrogen) atoms. The molecule has 0 fully saturated rings. The van der Waals surface area contributed by atoms with Crippen molar-refractivity contribution in [3.63, 3.8) is 0 Å². The van der Waals surface area contributed by atoms with Crippen molar-refractivity contribution in [2.24, 2.45) is 0 Å². The first-order valence-corrected chi connectivity index (χ1v) is 8.75. The van der Waals surface area contributed by atoms with Crippen LogP contribution in [0.2, 0.25) is 0 Å². The third-order valence-corrected chi connectivity index (χ3v) is 5.06. The van der Waals surface area contributed by atoms with Gasteiger partial charge in [-0.2, -0.15) is 0 Å². The summed E-state index contributed by atoms with van der Waals surface area (Å²) in [5, 5.41) is 0. The van der Waals surface area contributed by atoms with Crippen LogP contribution in [0.25, 0.3) is 11.1 Å². The fraction of sp³-hybridized carbons (Fsp3) is 0.217. The summed E-state index contributed by atoms with van der Waals surface area (Å²) in [5.41, 5.74) is 6.72. The van der Waals surface area contributed by atoms with Gasteiger partial charge in [-0.25, -0.2) is 0 Å². The molecule has 0 aliphatic carbocycles. The quantitative estimate of drug-likeness (QED) is 0.675. The van der Waals surface area contributed by atoms with E-state index in [1.54, 1.807) is 7.11 Å². The number of hydrogen-bond donors (Lipinski definition) is 0. The first-order valence-electron chi connectivity index (χ1n) is 8.75. The molecule has 3 aromatic rings. The van der Waals surface area contributed by atoms with Crippen LogP contribution < -0.4 is 4.74 Å². The van der Waals surface area contributed by atoms with E-state index in [4.69, 9.17) is 4.74 Å². The lowest BCUT2D eigenvalue weighted by atomic mass is 9.83. The van der Waals surface area contributed by atoms with Crippen molar-refractivity contribution < 1.29 is 4.74 Å². The van der Waals surface area contributed by atoms with Crippen molar-refractivity contribution in [2.45, 2.75) is 12.5 Å². The van der Waals surface area contributed by atoms with Crippen LogP contribution in [0.1, 0.15) is 22.6 Å². The highest BCUT2D eigenvalue weighted by atomic mass is 16.5. The molecule has 0 saturated carbocycles. The number of methoxy groups -OCH3 is 1. The molecule has 0 N–H and O–H groups in total. The molecule has 0 bridgehead atoms. The summed E-state index contributed by atoms with van der Waals surface area (Å²) in [6.45, 7) is 2.06. The number of ether oxygens (including phenoxy) is 1. The zero-order valence-corrected chi connectivity index (χ0v) is 14.8. The molecule has 1 aliphatic rings. The lowest BCUT2D eigenvalue weighted by Crippen LogP contribution is -2.30. The highest BCUT2D eigenvalue weighted by Crippen LogP contribution is 2.35. The predicted octanol–water partition coefficient (Wildman–Crippen LogP) is 4.94. The maximum atomic E-state index is 5.37. The van der Waals surface area contributed by atoms with Gasteiger partial charge in [-0.3, -0.25) is 0 Å². The van der Waals surface area contributed by atoms with Crippen LogP contribution in [0.3, 0.4) is 0 Å². The van der Waals surface area contributed by atoms with E-state index in [1.807, 2.05) is 12.1 Å². The first-order chi connectivity index (χ1) is 12.2. The third-order valence-electron chi connectivity index (χ3n) is 5.06. The summed E-state index contributed by atoms with van der Waals surface area (Å²) in [4.78, 5) is 2.41. The van der Waals surface area contributed by atoms with Gasteiger partial charge in [0.1, 0.15) is 5.75 Å². The molecule has 1 atom stereocenters. The molecule has 2 nitrogen and oxygen atoms in total. The summed E-state index contributed by atoms with van der Waals surface area (Å²) >= 11 is 0. The summed E-state index contributed by atoms with van der Waals surface area (Å²) in [6, 6.07) is 26.0. The van der Waals surface area contributed by atoms with Crippen LogP contribution in [0.5, 0.6) is 5.75 Å². The van der Waals surface area contributed by atoms with Crippen LogP contribution in [0, 0.1) is 0 Å². The summed E-state index contributed by atoms with van der Waals surface area (Å²) in [6.07, 6.45) is 0. The minimum atomic E-state index is 0.439. The van der Waals surface area contributed by atoms with Gasteiger partial charge in [-0.15, -0.1) is 0 Å². The van der Waals surface area contributed by atoms with Crippen molar-refractivity contribution in [3.05, 3.63) is 89.5 Å². The number of hydrogen-bond acceptors (Lipinski definition) is 2. The van der Waals surface area contributed by atoms with Crippen molar-refractivity contribution in [1.29, 1.82) is 0 Å². The van der Waals surface area contributed by atoms with Crippen LogP contribution in [0.4, 0.5) is 0 Å². The number of likely N-dealkylation sites (N-methyl/N-ethyl adjacent to an activating group) is 1. The van der Waals surface area contributed by atoms with E-state index in [2.05, 4.69) is 72.6 Å². The Labute approximate surface area is 149 Å². The van der Waals surface area contributed by atoms with E-state index in [-0.39, 0.29) is 0 Å². The van der Waals surface area contributed by atoms with Crippen LogP contribution in [-0.4, -0.2) is 25.6 Å². The first kappa shape index (κ1) is 15.9. The molecule has 0 amide bonds. The van der Waals surface area contributed by atoms with Gasteiger partial charge < -0.3 is 9.64 Å². The maximum absolute atomic E-state index is 5.37. The number of rotatable bonds is 3. The van der Waals surface area contributed by atoms with Gasteiger partial charge in [0, 0.05) is 19.0 Å². The fourth-order valence-electron chi connectivity index (χ4n) is 3.80. The minimum absolute atomic E-state index is 0.439. The van der Waals surface area contributed by atoms with E-state index in [0.29, 0.717) is 5.92 Å². The second kappa shape index (κ2) is 6.73. The SMILES string of the molecule is COc1cccc(-c2ccc3c(c2)CN(C)C[C@@H]3c2ccccc2)c1. The summed E-state index contributed by atoms with van der Waals surface area (Å²) < 4.78 is 5.37. The summed E-state index contributed by atoms with van der Waals surface area (Å²) in [7, 11) is 3.92. The van der Waals surface area contributed by atoms with Crippen LogP contribution in [-0.2, 0) is 6.54 Å². The molecule has 126 valence electrons. The largest absolute Gasteiger partial charge is 0.497 e. The molecule has 0 radical (unpaired) electrons. The van der Waals surface area contributed by atoms with Crippen LogP contribution >= 0.6 is 0 Å². The fourth-order valence-corrected chi connectivity index (χ4v) is 3.80. The van der Waals surface area contributed by atoms with E-state index in [0.717, 1.165) is 18.8 Å². The Morgan fingerprint density at radius 2 is 1.68 bits per heavy atom. The van der Waals surface area contributed by atoms with Crippen molar-refractivity contribution >= 4 is 0 Å².